The van der Waals surface area contributed by atoms with Crippen molar-refractivity contribution in [2.24, 2.45) is 0 Å². The molecule has 0 aliphatic rings. The third-order valence-corrected chi connectivity index (χ3v) is 3.23. The second-order valence-electron chi connectivity index (χ2n) is 4.74. The number of carbonyl (C=O) groups is 3. The summed E-state index contributed by atoms with van der Waals surface area (Å²) in [5, 5.41) is 8.92. The number of hydrogen-bond donors (Lipinski definition) is 1. The van der Waals surface area contributed by atoms with Crippen molar-refractivity contribution in [2.75, 3.05) is 12.0 Å². The van der Waals surface area contributed by atoms with Gasteiger partial charge in [-0.1, -0.05) is 0 Å². The zero-order valence-electron chi connectivity index (χ0n) is 12.6. The quantitative estimate of drug-likeness (QED) is 0.877. The lowest BCUT2D eigenvalue weighted by Gasteiger charge is -2.21. The van der Waals surface area contributed by atoms with Crippen molar-refractivity contribution in [1.82, 2.24) is 0 Å². The maximum Gasteiger partial charge on any atom is 0.337 e. The number of ether oxygens (including phenoxy) is 1. The van der Waals surface area contributed by atoms with Crippen LogP contribution in [0.1, 0.15) is 27.6 Å². The topological polar surface area (TPSA) is 83.9 Å². The van der Waals surface area contributed by atoms with Gasteiger partial charge in [-0.2, -0.15) is 0 Å². The van der Waals surface area contributed by atoms with Crippen molar-refractivity contribution in [3.8, 4) is 0 Å². The lowest BCUT2D eigenvalue weighted by molar-refractivity contribution is -0.115. The van der Waals surface area contributed by atoms with E-state index in [1.54, 1.807) is 36.4 Å². The van der Waals surface area contributed by atoms with Crippen LogP contribution in [0.15, 0.2) is 48.5 Å². The Hall–Kier alpha value is -3.15. The summed E-state index contributed by atoms with van der Waals surface area (Å²) >= 11 is 0. The standard InChI is InChI=1S/C17H15NO5/c1-11(19)18(14-7-3-12(4-8-14)16(20)21)15-9-5-13(6-10-15)17(22)23-2/h3-10H,1-2H3,(H,20,21). The van der Waals surface area contributed by atoms with Crippen LogP contribution in [0, 0.1) is 0 Å². The largest absolute Gasteiger partial charge is 0.478 e. The molecule has 0 saturated heterocycles. The summed E-state index contributed by atoms with van der Waals surface area (Å²) in [4.78, 5) is 35.7. The first-order valence-corrected chi connectivity index (χ1v) is 6.76. The minimum absolute atomic E-state index is 0.137. The fraction of sp³-hybridized carbons (Fsp3) is 0.118. The van der Waals surface area contributed by atoms with Crippen molar-refractivity contribution in [3.63, 3.8) is 0 Å². The van der Waals surface area contributed by atoms with Crippen LogP contribution in [0.4, 0.5) is 11.4 Å². The molecule has 2 aromatic rings. The highest BCUT2D eigenvalue weighted by Gasteiger charge is 2.15. The number of rotatable bonds is 4. The second kappa shape index (κ2) is 6.74. The molecule has 118 valence electrons. The number of carboxylic acid groups (broad SMARTS) is 1. The molecule has 1 amide bonds. The molecule has 0 aliphatic carbocycles. The Morgan fingerprint density at radius 1 is 0.870 bits per heavy atom. The molecule has 23 heavy (non-hydrogen) atoms. The van der Waals surface area contributed by atoms with E-state index in [-0.39, 0.29) is 11.5 Å². The Balaban J connectivity index is 2.36. The second-order valence-corrected chi connectivity index (χ2v) is 4.74. The molecular formula is C17H15NO5. The summed E-state index contributed by atoms with van der Waals surface area (Å²) in [6.45, 7) is 1.40. The summed E-state index contributed by atoms with van der Waals surface area (Å²) < 4.78 is 4.63. The lowest BCUT2D eigenvalue weighted by Crippen LogP contribution is -2.22. The number of carboxylic acids is 1. The first kappa shape index (κ1) is 16.2. The van der Waals surface area contributed by atoms with E-state index < -0.39 is 11.9 Å². The predicted molar refractivity (Wildman–Crippen MR) is 84.0 cm³/mol. The molecule has 0 bridgehead atoms. The molecular weight excluding hydrogens is 298 g/mol. The van der Waals surface area contributed by atoms with Gasteiger partial charge in [-0.3, -0.25) is 9.69 Å². The van der Waals surface area contributed by atoms with Crippen molar-refractivity contribution in [3.05, 3.63) is 59.7 Å². The molecule has 0 atom stereocenters. The van der Waals surface area contributed by atoms with Crippen LogP contribution in [-0.4, -0.2) is 30.1 Å². The van der Waals surface area contributed by atoms with Gasteiger partial charge in [0.15, 0.2) is 0 Å². The van der Waals surface area contributed by atoms with Crippen molar-refractivity contribution >= 4 is 29.2 Å². The van der Waals surface area contributed by atoms with Gasteiger partial charge in [0.1, 0.15) is 0 Å². The summed E-state index contributed by atoms with van der Waals surface area (Å²) in [7, 11) is 1.29. The molecule has 2 aromatic carbocycles. The molecule has 0 aliphatic heterocycles. The highest BCUT2D eigenvalue weighted by Crippen LogP contribution is 2.26. The van der Waals surface area contributed by atoms with Gasteiger partial charge in [-0.05, 0) is 48.5 Å². The Bertz CT molecular complexity index is 735. The number of hydrogen-bond acceptors (Lipinski definition) is 4. The minimum atomic E-state index is -1.03. The number of aromatic carboxylic acids is 1. The molecule has 0 aromatic heterocycles. The third kappa shape index (κ3) is 3.55. The van der Waals surface area contributed by atoms with Gasteiger partial charge in [0.05, 0.1) is 18.2 Å². The predicted octanol–water partition coefficient (Wildman–Crippen LogP) is 2.86. The van der Waals surface area contributed by atoms with Gasteiger partial charge in [0.2, 0.25) is 5.91 Å². The zero-order valence-corrected chi connectivity index (χ0v) is 12.6. The number of esters is 1. The van der Waals surface area contributed by atoms with E-state index in [0.29, 0.717) is 16.9 Å². The zero-order chi connectivity index (χ0) is 17.0. The molecule has 0 saturated carbocycles. The smallest absolute Gasteiger partial charge is 0.337 e. The molecule has 1 N–H and O–H groups in total. The molecule has 0 fully saturated rings. The van der Waals surface area contributed by atoms with E-state index in [0.717, 1.165) is 0 Å². The molecule has 0 unspecified atom stereocenters. The highest BCUT2D eigenvalue weighted by atomic mass is 16.5. The van der Waals surface area contributed by atoms with Crippen LogP contribution >= 0.6 is 0 Å². The number of nitrogens with zero attached hydrogens (tertiary/aromatic N) is 1. The molecule has 0 spiro atoms. The first-order chi connectivity index (χ1) is 10.9. The number of amides is 1. The van der Waals surface area contributed by atoms with Gasteiger partial charge in [-0.25, -0.2) is 9.59 Å². The van der Waals surface area contributed by atoms with Crippen LogP contribution in [0.5, 0.6) is 0 Å². The number of carbonyl (C=O) groups excluding carboxylic acids is 2. The maximum absolute atomic E-state index is 12.0. The van der Waals surface area contributed by atoms with Gasteiger partial charge < -0.3 is 9.84 Å². The van der Waals surface area contributed by atoms with E-state index in [2.05, 4.69) is 4.74 Å². The number of anilines is 2. The molecule has 0 radical (unpaired) electrons. The maximum atomic E-state index is 12.0. The van der Waals surface area contributed by atoms with E-state index in [9.17, 15) is 14.4 Å². The minimum Gasteiger partial charge on any atom is -0.478 e. The number of methoxy groups -OCH3 is 1. The Morgan fingerprint density at radius 2 is 1.30 bits per heavy atom. The van der Waals surface area contributed by atoms with Gasteiger partial charge in [0, 0.05) is 18.3 Å². The van der Waals surface area contributed by atoms with Crippen LogP contribution in [0.3, 0.4) is 0 Å². The average molecular weight is 313 g/mol. The fourth-order valence-electron chi connectivity index (χ4n) is 2.13. The van der Waals surface area contributed by atoms with Crippen LogP contribution < -0.4 is 4.90 Å². The third-order valence-electron chi connectivity index (χ3n) is 3.23. The van der Waals surface area contributed by atoms with E-state index in [1.165, 1.54) is 31.1 Å². The Kier molecular flexibility index (Phi) is 4.75. The fourth-order valence-corrected chi connectivity index (χ4v) is 2.13. The summed E-state index contributed by atoms with van der Waals surface area (Å²) in [6, 6.07) is 12.3. The van der Waals surface area contributed by atoms with Crippen LogP contribution in [-0.2, 0) is 9.53 Å². The molecule has 6 heteroatoms. The lowest BCUT2D eigenvalue weighted by atomic mass is 10.1. The monoisotopic (exact) mass is 313 g/mol. The van der Waals surface area contributed by atoms with E-state index >= 15 is 0 Å². The summed E-state index contributed by atoms with van der Waals surface area (Å²) in [5.74, 6) is -1.73. The Morgan fingerprint density at radius 3 is 1.65 bits per heavy atom. The molecule has 2 rings (SSSR count). The van der Waals surface area contributed by atoms with Gasteiger partial charge >= 0.3 is 11.9 Å². The highest BCUT2D eigenvalue weighted by molar-refractivity contribution is 6.00. The van der Waals surface area contributed by atoms with Crippen molar-refractivity contribution in [1.29, 1.82) is 0 Å². The Labute approximate surface area is 132 Å². The first-order valence-electron chi connectivity index (χ1n) is 6.76. The normalized spacial score (nSPS) is 10.0. The van der Waals surface area contributed by atoms with Crippen molar-refractivity contribution < 1.29 is 24.2 Å². The van der Waals surface area contributed by atoms with E-state index in [4.69, 9.17) is 5.11 Å². The van der Waals surface area contributed by atoms with Gasteiger partial charge in [-0.15, -0.1) is 0 Å². The molecule has 6 nitrogen and oxygen atoms in total. The SMILES string of the molecule is COC(=O)c1ccc(N(C(C)=O)c2ccc(C(=O)O)cc2)cc1. The van der Waals surface area contributed by atoms with Crippen LogP contribution in [0.25, 0.3) is 0 Å². The average Bonchev–Trinajstić information content (AvgIpc) is 2.55. The number of benzene rings is 2. The molecule has 0 heterocycles. The van der Waals surface area contributed by atoms with Gasteiger partial charge in [0.25, 0.3) is 0 Å². The van der Waals surface area contributed by atoms with Crippen molar-refractivity contribution in [2.45, 2.75) is 6.92 Å². The van der Waals surface area contributed by atoms with Crippen LogP contribution in [0.2, 0.25) is 0 Å². The van der Waals surface area contributed by atoms with E-state index in [1.807, 2.05) is 0 Å². The summed E-state index contributed by atoms with van der Waals surface area (Å²) in [5.41, 5.74) is 1.61. The summed E-state index contributed by atoms with van der Waals surface area (Å²) in [6.07, 6.45) is 0.